The van der Waals surface area contributed by atoms with Crippen molar-refractivity contribution >= 4 is 0 Å². The summed E-state index contributed by atoms with van der Waals surface area (Å²) in [4.78, 5) is 0. The molecule has 1 aliphatic rings. The molecule has 1 aliphatic heterocycles. The standard InChI is InChI=1S/C12H25NO4/c1-15-6-3-5-13-8-11(14)9-16-10-12-4-2-7-17-12/h11-14H,2-10H2,1H3. The lowest BCUT2D eigenvalue weighted by atomic mass is 10.2. The van der Waals surface area contributed by atoms with Crippen LogP contribution in [0.25, 0.3) is 0 Å². The van der Waals surface area contributed by atoms with E-state index in [0.717, 1.165) is 39.0 Å². The Morgan fingerprint density at radius 1 is 1.53 bits per heavy atom. The largest absolute Gasteiger partial charge is 0.389 e. The number of rotatable bonds is 10. The highest BCUT2D eigenvalue weighted by Crippen LogP contribution is 2.11. The van der Waals surface area contributed by atoms with Crippen LogP contribution in [-0.2, 0) is 14.2 Å². The maximum absolute atomic E-state index is 9.62. The summed E-state index contributed by atoms with van der Waals surface area (Å²) in [6.07, 6.45) is 2.94. The van der Waals surface area contributed by atoms with Crippen molar-refractivity contribution in [3.8, 4) is 0 Å². The van der Waals surface area contributed by atoms with Crippen molar-refractivity contribution < 1.29 is 19.3 Å². The fraction of sp³-hybridized carbons (Fsp3) is 1.00. The molecule has 0 spiro atoms. The van der Waals surface area contributed by atoms with E-state index >= 15 is 0 Å². The minimum atomic E-state index is -0.445. The summed E-state index contributed by atoms with van der Waals surface area (Å²) in [5.41, 5.74) is 0. The molecule has 1 saturated heterocycles. The van der Waals surface area contributed by atoms with Gasteiger partial charge < -0.3 is 24.6 Å². The second kappa shape index (κ2) is 9.79. The van der Waals surface area contributed by atoms with Crippen LogP contribution in [0.15, 0.2) is 0 Å². The molecule has 1 heterocycles. The van der Waals surface area contributed by atoms with Gasteiger partial charge in [0.15, 0.2) is 0 Å². The summed E-state index contributed by atoms with van der Waals surface area (Å²) < 4.78 is 15.8. The van der Waals surface area contributed by atoms with Crippen LogP contribution < -0.4 is 5.32 Å². The molecule has 0 amide bonds. The lowest BCUT2D eigenvalue weighted by molar-refractivity contribution is -0.0164. The summed E-state index contributed by atoms with van der Waals surface area (Å²) in [7, 11) is 1.69. The second-order valence-corrected chi connectivity index (χ2v) is 4.38. The van der Waals surface area contributed by atoms with Crippen LogP contribution in [0.3, 0.4) is 0 Å². The number of methoxy groups -OCH3 is 1. The number of nitrogens with one attached hydrogen (secondary N) is 1. The smallest absolute Gasteiger partial charge is 0.0897 e. The van der Waals surface area contributed by atoms with Gasteiger partial charge in [-0.1, -0.05) is 0 Å². The Hall–Kier alpha value is -0.200. The van der Waals surface area contributed by atoms with Crippen molar-refractivity contribution in [3.05, 3.63) is 0 Å². The van der Waals surface area contributed by atoms with Crippen LogP contribution in [-0.4, -0.2) is 63.9 Å². The van der Waals surface area contributed by atoms with Gasteiger partial charge in [-0.3, -0.25) is 0 Å². The third kappa shape index (κ3) is 7.68. The zero-order chi connectivity index (χ0) is 12.3. The van der Waals surface area contributed by atoms with E-state index in [-0.39, 0.29) is 6.10 Å². The van der Waals surface area contributed by atoms with Crippen molar-refractivity contribution in [1.29, 1.82) is 0 Å². The van der Waals surface area contributed by atoms with Crippen LogP contribution in [0.1, 0.15) is 19.3 Å². The van der Waals surface area contributed by atoms with Crippen LogP contribution >= 0.6 is 0 Å². The van der Waals surface area contributed by atoms with Gasteiger partial charge in [0, 0.05) is 26.9 Å². The van der Waals surface area contributed by atoms with Gasteiger partial charge in [-0.25, -0.2) is 0 Å². The molecular formula is C12H25NO4. The van der Waals surface area contributed by atoms with Crippen LogP contribution in [0.4, 0.5) is 0 Å². The first kappa shape index (κ1) is 14.9. The molecule has 0 aliphatic carbocycles. The van der Waals surface area contributed by atoms with Gasteiger partial charge in [-0.05, 0) is 25.8 Å². The van der Waals surface area contributed by atoms with Crippen molar-refractivity contribution in [2.45, 2.75) is 31.5 Å². The highest BCUT2D eigenvalue weighted by Gasteiger charge is 2.15. The summed E-state index contributed by atoms with van der Waals surface area (Å²) in [5, 5.41) is 12.8. The molecule has 0 aromatic carbocycles. The predicted molar refractivity (Wildman–Crippen MR) is 65.2 cm³/mol. The molecule has 0 aromatic rings. The van der Waals surface area contributed by atoms with Gasteiger partial charge >= 0.3 is 0 Å². The Bertz CT molecular complexity index is 174. The van der Waals surface area contributed by atoms with Crippen LogP contribution in [0.5, 0.6) is 0 Å². The quantitative estimate of drug-likeness (QED) is 0.539. The number of hydrogen-bond donors (Lipinski definition) is 2. The van der Waals surface area contributed by atoms with Gasteiger partial charge in [0.1, 0.15) is 0 Å². The van der Waals surface area contributed by atoms with Crippen molar-refractivity contribution in [2.24, 2.45) is 0 Å². The van der Waals surface area contributed by atoms with Crippen LogP contribution in [0, 0.1) is 0 Å². The first-order valence-electron chi connectivity index (χ1n) is 6.40. The third-order valence-corrected chi connectivity index (χ3v) is 2.72. The Labute approximate surface area is 103 Å². The molecule has 2 unspecified atom stereocenters. The Morgan fingerprint density at radius 3 is 3.12 bits per heavy atom. The minimum absolute atomic E-state index is 0.233. The van der Waals surface area contributed by atoms with Gasteiger partial charge in [0.05, 0.1) is 25.4 Å². The van der Waals surface area contributed by atoms with E-state index < -0.39 is 6.10 Å². The maximum atomic E-state index is 9.62. The molecular weight excluding hydrogens is 222 g/mol. The molecule has 1 fully saturated rings. The molecule has 17 heavy (non-hydrogen) atoms. The van der Waals surface area contributed by atoms with E-state index in [4.69, 9.17) is 14.2 Å². The normalized spacial score (nSPS) is 21.9. The van der Waals surface area contributed by atoms with Gasteiger partial charge in [0.2, 0.25) is 0 Å². The topological polar surface area (TPSA) is 60.0 Å². The van der Waals surface area contributed by atoms with Crippen molar-refractivity contribution in [1.82, 2.24) is 5.32 Å². The molecule has 2 atom stereocenters. The molecule has 0 bridgehead atoms. The summed E-state index contributed by atoms with van der Waals surface area (Å²) >= 11 is 0. The molecule has 0 aromatic heterocycles. The van der Waals surface area contributed by atoms with E-state index in [2.05, 4.69) is 5.32 Å². The highest BCUT2D eigenvalue weighted by molar-refractivity contribution is 4.64. The Balaban J connectivity index is 1.84. The third-order valence-electron chi connectivity index (χ3n) is 2.72. The molecule has 5 heteroatoms. The van der Waals surface area contributed by atoms with Crippen LogP contribution in [0.2, 0.25) is 0 Å². The second-order valence-electron chi connectivity index (χ2n) is 4.38. The summed E-state index contributed by atoms with van der Waals surface area (Å²) in [6, 6.07) is 0. The number of aliphatic hydroxyl groups excluding tert-OH is 1. The van der Waals surface area contributed by atoms with E-state index in [1.165, 1.54) is 0 Å². The van der Waals surface area contributed by atoms with Gasteiger partial charge in [0.25, 0.3) is 0 Å². The highest BCUT2D eigenvalue weighted by atomic mass is 16.5. The molecule has 5 nitrogen and oxygen atoms in total. The summed E-state index contributed by atoms with van der Waals surface area (Å²) in [5.74, 6) is 0. The first-order valence-corrected chi connectivity index (χ1v) is 6.40. The van der Waals surface area contributed by atoms with E-state index in [9.17, 15) is 5.11 Å². The number of ether oxygens (including phenoxy) is 3. The zero-order valence-corrected chi connectivity index (χ0v) is 10.7. The Kier molecular flexibility index (Phi) is 8.56. The van der Waals surface area contributed by atoms with Gasteiger partial charge in [-0.2, -0.15) is 0 Å². The first-order chi connectivity index (χ1) is 8.33. The number of hydrogen-bond acceptors (Lipinski definition) is 5. The zero-order valence-electron chi connectivity index (χ0n) is 10.7. The average Bonchev–Trinajstić information content (AvgIpc) is 2.82. The minimum Gasteiger partial charge on any atom is -0.389 e. The average molecular weight is 247 g/mol. The molecule has 102 valence electrons. The fourth-order valence-electron chi connectivity index (χ4n) is 1.78. The fourth-order valence-corrected chi connectivity index (χ4v) is 1.78. The van der Waals surface area contributed by atoms with Gasteiger partial charge in [-0.15, -0.1) is 0 Å². The summed E-state index contributed by atoms with van der Waals surface area (Å²) in [6.45, 7) is 3.99. The molecule has 2 N–H and O–H groups in total. The lowest BCUT2D eigenvalue weighted by Gasteiger charge is -2.14. The maximum Gasteiger partial charge on any atom is 0.0897 e. The Morgan fingerprint density at radius 2 is 2.41 bits per heavy atom. The van der Waals surface area contributed by atoms with E-state index in [1.54, 1.807) is 7.11 Å². The number of aliphatic hydroxyl groups is 1. The van der Waals surface area contributed by atoms with Crippen molar-refractivity contribution in [3.63, 3.8) is 0 Å². The van der Waals surface area contributed by atoms with E-state index in [0.29, 0.717) is 19.8 Å². The lowest BCUT2D eigenvalue weighted by Crippen LogP contribution is -2.32. The monoisotopic (exact) mass is 247 g/mol. The van der Waals surface area contributed by atoms with Crippen molar-refractivity contribution in [2.75, 3.05) is 46.6 Å². The van der Waals surface area contributed by atoms with E-state index in [1.807, 2.05) is 0 Å². The SMILES string of the molecule is COCCCNCC(O)COCC1CCCO1. The predicted octanol–water partition coefficient (Wildman–Crippen LogP) is 0.169. The molecule has 0 radical (unpaired) electrons. The molecule has 0 saturated carbocycles. The molecule has 1 rings (SSSR count).